The Hall–Kier alpha value is -1.36. The molecular formula is C15H22F2N2O. The molecule has 5 heteroatoms. The van der Waals surface area contributed by atoms with Gasteiger partial charge in [0.2, 0.25) is 0 Å². The molecule has 3 nitrogen and oxygen atoms in total. The van der Waals surface area contributed by atoms with Crippen LogP contribution in [-0.4, -0.2) is 29.7 Å². The Balaban J connectivity index is 1.92. The van der Waals surface area contributed by atoms with Gasteiger partial charge in [-0.25, -0.2) is 8.78 Å². The first-order chi connectivity index (χ1) is 9.47. The van der Waals surface area contributed by atoms with Gasteiger partial charge in [-0.2, -0.15) is 0 Å². The van der Waals surface area contributed by atoms with E-state index in [2.05, 4.69) is 10.6 Å². The Morgan fingerprint density at radius 3 is 2.60 bits per heavy atom. The van der Waals surface area contributed by atoms with E-state index in [4.69, 9.17) is 0 Å². The molecule has 1 aliphatic rings. The summed E-state index contributed by atoms with van der Waals surface area (Å²) in [6, 6.07) is 8.04. The maximum Gasteiger partial charge on any atom is 0.268 e. The Kier molecular flexibility index (Phi) is 4.81. The number of aliphatic hydroxyl groups is 1. The smallest absolute Gasteiger partial charge is 0.268 e. The molecule has 0 heterocycles. The number of halogens is 2. The zero-order valence-electron chi connectivity index (χ0n) is 11.7. The first kappa shape index (κ1) is 15.0. The fourth-order valence-electron chi connectivity index (χ4n) is 2.38. The molecule has 1 aliphatic carbocycles. The summed E-state index contributed by atoms with van der Waals surface area (Å²) in [6.07, 6.45) is 2.10. The molecule has 20 heavy (non-hydrogen) atoms. The second-order valence-electron chi connectivity index (χ2n) is 5.72. The van der Waals surface area contributed by atoms with Gasteiger partial charge in [-0.3, -0.25) is 0 Å². The number of hydrogen-bond acceptors (Lipinski definition) is 3. The number of rotatable bonds is 6. The molecule has 0 aliphatic heterocycles. The van der Waals surface area contributed by atoms with Crippen LogP contribution in [0, 0.1) is 0 Å². The second-order valence-corrected chi connectivity index (χ2v) is 5.72. The normalized spacial score (nSPS) is 19.1. The summed E-state index contributed by atoms with van der Waals surface area (Å²) in [5, 5.41) is 15.8. The van der Waals surface area contributed by atoms with Crippen LogP contribution in [0.1, 0.15) is 32.6 Å². The Labute approximate surface area is 118 Å². The SMILES string of the molecule is CC(O)(CNc1cccc(NC2CCCC2)c1)C(F)F. The van der Waals surface area contributed by atoms with Crippen LogP contribution in [0.4, 0.5) is 20.2 Å². The van der Waals surface area contributed by atoms with E-state index in [0.29, 0.717) is 6.04 Å². The fourth-order valence-corrected chi connectivity index (χ4v) is 2.38. The van der Waals surface area contributed by atoms with Crippen molar-refractivity contribution in [2.75, 3.05) is 17.2 Å². The van der Waals surface area contributed by atoms with Crippen LogP contribution in [0.25, 0.3) is 0 Å². The lowest BCUT2D eigenvalue weighted by atomic mass is 10.1. The van der Waals surface area contributed by atoms with Crippen molar-refractivity contribution in [1.82, 2.24) is 0 Å². The highest BCUT2D eigenvalue weighted by Gasteiger charge is 2.31. The molecule has 3 N–H and O–H groups in total. The van der Waals surface area contributed by atoms with E-state index >= 15 is 0 Å². The summed E-state index contributed by atoms with van der Waals surface area (Å²) < 4.78 is 25.1. The van der Waals surface area contributed by atoms with Gasteiger partial charge in [0.1, 0.15) is 5.60 Å². The fraction of sp³-hybridized carbons (Fsp3) is 0.600. The van der Waals surface area contributed by atoms with Gasteiger partial charge < -0.3 is 15.7 Å². The van der Waals surface area contributed by atoms with Crippen LogP contribution in [-0.2, 0) is 0 Å². The summed E-state index contributed by atoms with van der Waals surface area (Å²) in [5.41, 5.74) is -0.304. The van der Waals surface area contributed by atoms with Crippen LogP contribution in [0.15, 0.2) is 24.3 Å². The van der Waals surface area contributed by atoms with Gasteiger partial charge in [-0.15, -0.1) is 0 Å². The highest BCUT2D eigenvalue weighted by molar-refractivity contribution is 5.57. The van der Waals surface area contributed by atoms with E-state index in [1.54, 1.807) is 6.07 Å². The maximum absolute atomic E-state index is 12.6. The molecule has 1 fully saturated rings. The van der Waals surface area contributed by atoms with E-state index in [9.17, 15) is 13.9 Å². The largest absolute Gasteiger partial charge is 0.382 e. The average Bonchev–Trinajstić information content (AvgIpc) is 2.90. The molecule has 2 rings (SSSR count). The van der Waals surface area contributed by atoms with Gasteiger partial charge in [-0.05, 0) is 38.0 Å². The lowest BCUT2D eigenvalue weighted by molar-refractivity contribution is -0.0732. The third-order valence-electron chi connectivity index (χ3n) is 3.71. The Morgan fingerprint density at radius 1 is 1.30 bits per heavy atom. The quantitative estimate of drug-likeness (QED) is 0.749. The second kappa shape index (κ2) is 6.39. The number of hydrogen-bond donors (Lipinski definition) is 3. The highest BCUT2D eigenvalue weighted by Crippen LogP contribution is 2.24. The van der Waals surface area contributed by atoms with Crippen LogP contribution < -0.4 is 10.6 Å². The lowest BCUT2D eigenvalue weighted by Gasteiger charge is -2.23. The first-order valence-electron chi connectivity index (χ1n) is 7.08. The third kappa shape index (κ3) is 4.07. The molecule has 0 amide bonds. The minimum atomic E-state index is -2.77. The molecule has 0 bridgehead atoms. The molecule has 1 aromatic rings. The minimum absolute atomic E-state index is 0.183. The molecule has 1 aromatic carbocycles. The maximum atomic E-state index is 12.6. The van der Waals surface area contributed by atoms with Gasteiger partial charge >= 0.3 is 0 Å². The standard InChI is InChI=1S/C15H22F2N2O/c1-15(20,14(16)17)10-18-12-7-4-8-13(9-12)19-11-5-2-3-6-11/h4,7-9,11,14,18-20H,2-3,5-6,10H2,1H3. The Bertz CT molecular complexity index is 432. The molecule has 1 saturated carbocycles. The predicted octanol–water partition coefficient (Wildman–Crippen LogP) is 3.47. The van der Waals surface area contributed by atoms with Gasteiger partial charge in [-0.1, -0.05) is 18.9 Å². The summed E-state index contributed by atoms with van der Waals surface area (Å²) in [7, 11) is 0. The van der Waals surface area contributed by atoms with E-state index in [0.717, 1.165) is 18.3 Å². The predicted molar refractivity (Wildman–Crippen MR) is 77.4 cm³/mol. The molecule has 0 saturated heterocycles. The zero-order chi connectivity index (χ0) is 14.6. The molecule has 0 radical (unpaired) electrons. The molecule has 0 aromatic heterocycles. The number of benzene rings is 1. The van der Waals surface area contributed by atoms with Crippen LogP contribution in [0.2, 0.25) is 0 Å². The first-order valence-corrected chi connectivity index (χ1v) is 7.08. The minimum Gasteiger partial charge on any atom is -0.382 e. The average molecular weight is 284 g/mol. The molecule has 1 atom stereocenters. The van der Waals surface area contributed by atoms with Crippen molar-refractivity contribution in [3.63, 3.8) is 0 Å². The molecular weight excluding hydrogens is 262 g/mol. The van der Waals surface area contributed by atoms with E-state index in [-0.39, 0.29) is 6.54 Å². The van der Waals surface area contributed by atoms with E-state index in [1.807, 2.05) is 18.2 Å². The van der Waals surface area contributed by atoms with Crippen molar-refractivity contribution < 1.29 is 13.9 Å². The number of anilines is 2. The van der Waals surface area contributed by atoms with Crippen molar-refractivity contribution in [1.29, 1.82) is 0 Å². The Morgan fingerprint density at radius 2 is 1.95 bits per heavy atom. The third-order valence-corrected chi connectivity index (χ3v) is 3.71. The number of alkyl halides is 2. The number of nitrogens with one attached hydrogen (secondary N) is 2. The molecule has 1 unspecified atom stereocenters. The van der Waals surface area contributed by atoms with Gasteiger partial charge in [0.25, 0.3) is 6.43 Å². The molecule has 112 valence electrons. The van der Waals surface area contributed by atoms with Crippen molar-refractivity contribution in [2.45, 2.75) is 50.7 Å². The summed E-state index contributed by atoms with van der Waals surface area (Å²) in [4.78, 5) is 0. The van der Waals surface area contributed by atoms with E-state index < -0.39 is 12.0 Å². The van der Waals surface area contributed by atoms with Crippen molar-refractivity contribution in [3.05, 3.63) is 24.3 Å². The topological polar surface area (TPSA) is 44.3 Å². The monoisotopic (exact) mass is 284 g/mol. The summed E-state index contributed by atoms with van der Waals surface area (Å²) in [6.45, 7) is 0.947. The van der Waals surface area contributed by atoms with Gasteiger partial charge in [0.05, 0.1) is 0 Å². The zero-order valence-corrected chi connectivity index (χ0v) is 11.7. The van der Waals surface area contributed by atoms with Crippen molar-refractivity contribution >= 4 is 11.4 Å². The summed E-state index contributed by atoms with van der Waals surface area (Å²) in [5.74, 6) is 0. The lowest BCUT2D eigenvalue weighted by Crippen LogP contribution is -2.40. The van der Waals surface area contributed by atoms with Crippen molar-refractivity contribution in [2.24, 2.45) is 0 Å². The van der Waals surface area contributed by atoms with Crippen LogP contribution in [0.5, 0.6) is 0 Å². The van der Waals surface area contributed by atoms with Crippen molar-refractivity contribution in [3.8, 4) is 0 Å². The van der Waals surface area contributed by atoms with Crippen LogP contribution >= 0.6 is 0 Å². The highest BCUT2D eigenvalue weighted by atomic mass is 19.3. The van der Waals surface area contributed by atoms with Gasteiger partial charge in [0, 0.05) is 24.0 Å². The summed E-state index contributed by atoms with van der Waals surface area (Å²) >= 11 is 0. The van der Waals surface area contributed by atoms with E-state index in [1.165, 1.54) is 25.7 Å². The van der Waals surface area contributed by atoms with Gasteiger partial charge in [0.15, 0.2) is 0 Å². The van der Waals surface area contributed by atoms with Crippen LogP contribution in [0.3, 0.4) is 0 Å². The molecule has 0 spiro atoms.